The number of nitriles is 1. The van der Waals surface area contributed by atoms with Gasteiger partial charge in [0.05, 0.1) is 22.3 Å². The van der Waals surface area contributed by atoms with Crippen LogP contribution in [-0.2, 0) is 6.54 Å². The van der Waals surface area contributed by atoms with Crippen LogP contribution in [0.3, 0.4) is 0 Å². The van der Waals surface area contributed by atoms with Crippen LogP contribution in [0.1, 0.15) is 11.1 Å². The van der Waals surface area contributed by atoms with Crippen molar-refractivity contribution in [3.05, 3.63) is 64.2 Å². The lowest BCUT2D eigenvalue weighted by Crippen LogP contribution is -2.01. The molecule has 0 aliphatic rings. The van der Waals surface area contributed by atoms with Crippen molar-refractivity contribution in [3.63, 3.8) is 0 Å². The highest BCUT2D eigenvalue weighted by Gasteiger charge is 2.04. The molecule has 0 saturated heterocycles. The van der Waals surface area contributed by atoms with Crippen molar-refractivity contribution >= 4 is 17.3 Å². The quantitative estimate of drug-likeness (QED) is 0.917. The molecule has 2 aromatic rings. The first-order valence-electron chi connectivity index (χ1n) is 5.47. The zero-order valence-corrected chi connectivity index (χ0v) is 10.5. The molecule has 0 saturated carbocycles. The largest absolute Gasteiger partial charge is 0.380 e. The van der Waals surface area contributed by atoms with Crippen molar-refractivity contribution in [1.82, 2.24) is 0 Å². The molecular weight excluding hydrogens is 270 g/mol. The molecule has 0 heterocycles. The summed E-state index contributed by atoms with van der Waals surface area (Å²) in [7, 11) is 0. The van der Waals surface area contributed by atoms with Gasteiger partial charge in [-0.15, -0.1) is 0 Å². The Balaban J connectivity index is 2.14. The molecule has 0 aliphatic heterocycles. The molecule has 5 heteroatoms. The average Bonchev–Trinajstić information content (AvgIpc) is 2.41. The molecule has 0 spiro atoms. The molecule has 96 valence electrons. The number of rotatable bonds is 3. The van der Waals surface area contributed by atoms with Gasteiger partial charge < -0.3 is 5.32 Å². The summed E-state index contributed by atoms with van der Waals surface area (Å²) >= 11 is 5.97. The van der Waals surface area contributed by atoms with Crippen molar-refractivity contribution in [2.45, 2.75) is 6.54 Å². The number of nitrogens with one attached hydrogen (secondary N) is 1. The lowest BCUT2D eigenvalue weighted by atomic mass is 10.2. The van der Waals surface area contributed by atoms with Gasteiger partial charge in [0.1, 0.15) is 0 Å². The Morgan fingerprint density at radius 3 is 2.58 bits per heavy atom. The van der Waals surface area contributed by atoms with Crippen molar-refractivity contribution < 1.29 is 8.78 Å². The predicted molar refractivity (Wildman–Crippen MR) is 69.9 cm³/mol. The summed E-state index contributed by atoms with van der Waals surface area (Å²) < 4.78 is 25.8. The summed E-state index contributed by atoms with van der Waals surface area (Å²) in [4.78, 5) is 0. The zero-order valence-electron chi connectivity index (χ0n) is 9.75. The Morgan fingerprint density at radius 2 is 1.89 bits per heavy atom. The summed E-state index contributed by atoms with van der Waals surface area (Å²) in [5.41, 5.74) is 1.62. The summed E-state index contributed by atoms with van der Waals surface area (Å²) in [6.45, 7) is 0.284. The Morgan fingerprint density at radius 1 is 1.11 bits per heavy atom. The molecule has 0 bridgehead atoms. The van der Waals surface area contributed by atoms with Crippen LogP contribution >= 0.6 is 11.6 Å². The Labute approximate surface area is 114 Å². The zero-order chi connectivity index (χ0) is 13.8. The molecule has 19 heavy (non-hydrogen) atoms. The molecule has 2 nitrogen and oxygen atoms in total. The second kappa shape index (κ2) is 5.68. The Bertz CT molecular complexity index is 650. The lowest BCUT2D eigenvalue weighted by Gasteiger charge is -2.09. The van der Waals surface area contributed by atoms with Gasteiger partial charge in [0, 0.05) is 6.54 Å². The topological polar surface area (TPSA) is 35.8 Å². The first kappa shape index (κ1) is 13.3. The smallest absolute Gasteiger partial charge is 0.159 e. The minimum Gasteiger partial charge on any atom is -0.380 e. The summed E-state index contributed by atoms with van der Waals surface area (Å²) in [6.07, 6.45) is 0. The molecule has 0 fully saturated rings. The molecule has 0 unspecified atom stereocenters. The average molecular weight is 279 g/mol. The molecular formula is C14H9ClF2N2. The number of hydrogen-bond acceptors (Lipinski definition) is 2. The number of halogens is 3. The first-order chi connectivity index (χ1) is 9.10. The van der Waals surface area contributed by atoms with Crippen LogP contribution in [0.15, 0.2) is 36.4 Å². The normalized spacial score (nSPS) is 10.0. The molecule has 1 N–H and O–H groups in total. The van der Waals surface area contributed by atoms with Crippen LogP contribution in [0.4, 0.5) is 14.5 Å². The minimum absolute atomic E-state index is 0.284. The van der Waals surface area contributed by atoms with Crippen molar-refractivity contribution in [2.75, 3.05) is 5.32 Å². The Hall–Kier alpha value is -2.12. The minimum atomic E-state index is -0.892. The summed E-state index contributed by atoms with van der Waals surface area (Å²) in [5.74, 6) is -1.77. The van der Waals surface area contributed by atoms with Crippen LogP contribution in [0, 0.1) is 23.0 Å². The van der Waals surface area contributed by atoms with Gasteiger partial charge >= 0.3 is 0 Å². The highest BCUT2D eigenvalue weighted by molar-refractivity contribution is 6.33. The van der Waals surface area contributed by atoms with Gasteiger partial charge in [-0.05, 0) is 35.9 Å². The van der Waals surface area contributed by atoms with E-state index in [-0.39, 0.29) is 6.54 Å². The van der Waals surface area contributed by atoms with E-state index >= 15 is 0 Å². The molecule has 0 aromatic heterocycles. The van der Waals surface area contributed by atoms with E-state index in [0.29, 0.717) is 21.8 Å². The first-order valence-corrected chi connectivity index (χ1v) is 5.85. The van der Waals surface area contributed by atoms with Crippen LogP contribution in [0.25, 0.3) is 0 Å². The monoisotopic (exact) mass is 278 g/mol. The van der Waals surface area contributed by atoms with Gasteiger partial charge in [-0.1, -0.05) is 17.7 Å². The molecule has 0 atom stereocenters. The van der Waals surface area contributed by atoms with Crippen LogP contribution in [0.5, 0.6) is 0 Å². The van der Waals surface area contributed by atoms with Gasteiger partial charge in [-0.25, -0.2) is 8.78 Å². The number of nitrogens with zero attached hydrogens (tertiary/aromatic N) is 1. The van der Waals surface area contributed by atoms with Crippen molar-refractivity contribution in [2.24, 2.45) is 0 Å². The predicted octanol–water partition coefficient (Wildman–Crippen LogP) is 4.10. The fourth-order valence-corrected chi connectivity index (χ4v) is 1.76. The fourth-order valence-electron chi connectivity index (χ4n) is 1.58. The van der Waals surface area contributed by atoms with Crippen LogP contribution < -0.4 is 5.32 Å². The van der Waals surface area contributed by atoms with Gasteiger partial charge in [-0.3, -0.25) is 0 Å². The van der Waals surface area contributed by atoms with E-state index in [4.69, 9.17) is 16.9 Å². The third-order valence-electron chi connectivity index (χ3n) is 2.56. The number of hydrogen-bond donors (Lipinski definition) is 1. The van der Waals surface area contributed by atoms with Gasteiger partial charge in [0.2, 0.25) is 0 Å². The van der Waals surface area contributed by atoms with E-state index in [2.05, 4.69) is 5.32 Å². The van der Waals surface area contributed by atoms with Gasteiger partial charge in [0.25, 0.3) is 0 Å². The van der Waals surface area contributed by atoms with Gasteiger partial charge in [-0.2, -0.15) is 5.26 Å². The fraction of sp³-hybridized carbons (Fsp3) is 0.0714. The van der Waals surface area contributed by atoms with E-state index in [0.717, 1.165) is 12.1 Å². The second-order valence-electron chi connectivity index (χ2n) is 3.91. The van der Waals surface area contributed by atoms with E-state index in [1.54, 1.807) is 18.2 Å². The van der Waals surface area contributed by atoms with Crippen molar-refractivity contribution in [1.29, 1.82) is 5.26 Å². The Kier molecular flexibility index (Phi) is 3.98. The lowest BCUT2D eigenvalue weighted by molar-refractivity contribution is 0.507. The van der Waals surface area contributed by atoms with E-state index in [1.165, 1.54) is 6.07 Å². The summed E-state index contributed by atoms with van der Waals surface area (Å²) in [5, 5.41) is 12.2. The molecule has 0 aliphatic carbocycles. The molecule has 2 aromatic carbocycles. The maximum atomic E-state index is 13.0. The maximum Gasteiger partial charge on any atom is 0.159 e. The summed E-state index contributed by atoms with van der Waals surface area (Å²) in [6, 6.07) is 10.5. The third-order valence-corrected chi connectivity index (χ3v) is 2.89. The SMILES string of the molecule is N#Cc1ccc(Cl)c(NCc2ccc(F)c(F)c2)c1. The molecule has 2 rings (SSSR count). The van der Waals surface area contributed by atoms with E-state index < -0.39 is 11.6 Å². The van der Waals surface area contributed by atoms with Crippen LogP contribution in [-0.4, -0.2) is 0 Å². The highest BCUT2D eigenvalue weighted by atomic mass is 35.5. The number of anilines is 1. The third kappa shape index (κ3) is 3.21. The second-order valence-corrected chi connectivity index (χ2v) is 4.32. The molecule has 0 radical (unpaired) electrons. The van der Waals surface area contributed by atoms with Crippen LogP contribution in [0.2, 0.25) is 5.02 Å². The molecule has 0 amide bonds. The standard InChI is InChI=1S/C14H9ClF2N2/c15-11-3-1-9(7-18)6-14(11)19-8-10-2-4-12(16)13(17)5-10/h1-6,19H,8H2. The van der Waals surface area contributed by atoms with Crippen molar-refractivity contribution in [3.8, 4) is 6.07 Å². The van der Waals surface area contributed by atoms with E-state index in [9.17, 15) is 8.78 Å². The maximum absolute atomic E-state index is 13.0. The highest BCUT2D eigenvalue weighted by Crippen LogP contribution is 2.23. The van der Waals surface area contributed by atoms with Gasteiger partial charge in [0.15, 0.2) is 11.6 Å². The van der Waals surface area contributed by atoms with E-state index in [1.807, 2.05) is 6.07 Å². The number of benzene rings is 2.